The quantitative estimate of drug-likeness (QED) is 0.902. The number of hydrogen-bond donors (Lipinski definition) is 1. The summed E-state index contributed by atoms with van der Waals surface area (Å²) in [5.41, 5.74) is 3.27. The first kappa shape index (κ1) is 15.7. The molecule has 0 saturated carbocycles. The fourth-order valence-electron chi connectivity index (χ4n) is 2.50. The molecule has 1 N–H and O–H groups in total. The average molecular weight is 290 g/mol. The number of carbonyl (C=O) groups excluding carboxylic acids is 1. The number of carbonyl (C=O) groups is 1. The van der Waals surface area contributed by atoms with E-state index in [1.807, 2.05) is 20.8 Å². The number of nitrogens with one attached hydrogen (secondary N) is 1. The van der Waals surface area contributed by atoms with Gasteiger partial charge in [-0.2, -0.15) is 0 Å². The first-order valence-corrected chi connectivity index (χ1v) is 7.57. The second kappa shape index (κ2) is 5.96. The Hall–Kier alpha value is -1.71. The van der Waals surface area contributed by atoms with Crippen LogP contribution in [0.3, 0.4) is 0 Å². The number of benzene rings is 1. The van der Waals surface area contributed by atoms with Gasteiger partial charge < -0.3 is 15.0 Å². The highest BCUT2D eigenvalue weighted by Crippen LogP contribution is 2.22. The molecular formula is C17H26N2O2. The Labute approximate surface area is 127 Å². The van der Waals surface area contributed by atoms with Crippen LogP contribution in [0.5, 0.6) is 0 Å². The lowest BCUT2D eigenvalue weighted by molar-refractivity contribution is 0.0293. The SMILES string of the molecule is Cc1cccc(NC2CCN(C(=O)OC(C)(C)C)C2)c1C. The Balaban J connectivity index is 1.94. The fraction of sp³-hybridized carbons (Fsp3) is 0.588. The smallest absolute Gasteiger partial charge is 0.410 e. The lowest BCUT2D eigenvalue weighted by Gasteiger charge is -2.24. The summed E-state index contributed by atoms with van der Waals surface area (Å²) in [5.74, 6) is 0. The molecule has 21 heavy (non-hydrogen) atoms. The highest BCUT2D eigenvalue weighted by molar-refractivity contribution is 5.68. The fourth-order valence-corrected chi connectivity index (χ4v) is 2.50. The van der Waals surface area contributed by atoms with Crippen LogP contribution in [0, 0.1) is 13.8 Å². The maximum absolute atomic E-state index is 12.1. The van der Waals surface area contributed by atoms with Crippen molar-refractivity contribution in [1.29, 1.82) is 0 Å². The normalized spacial score (nSPS) is 18.7. The second-order valence-electron chi connectivity index (χ2n) is 6.80. The van der Waals surface area contributed by atoms with Gasteiger partial charge in [0.25, 0.3) is 0 Å². The van der Waals surface area contributed by atoms with Crippen LogP contribution in [0.1, 0.15) is 38.3 Å². The minimum atomic E-state index is -0.435. The number of nitrogens with zero attached hydrogens (tertiary/aromatic N) is 1. The molecule has 1 unspecified atom stereocenters. The van der Waals surface area contributed by atoms with E-state index in [0.717, 1.165) is 18.7 Å². The molecule has 1 saturated heterocycles. The predicted octanol–water partition coefficient (Wildman–Crippen LogP) is 3.72. The lowest BCUT2D eigenvalue weighted by atomic mass is 10.1. The average Bonchev–Trinajstić information content (AvgIpc) is 2.82. The molecule has 0 radical (unpaired) electrons. The standard InChI is InChI=1S/C17H26N2O2/c1-12-7-6-8-15(13(12)2)18-14-9-10-19(11-14)16(20)21-17(3,4)5/h6-8,14,18H,9-11H2,1-5H3. The molecule has 1 aromatic carbocycles. The summed E-state index contributed by atoms with van der Waals surface area (Å²) in [6, 6.07) is 6.56. The van der Waals surface area contributed by atoms with Gasteiger partial charge in [-0.05, 0) is 58.2 Å². The molecule has 1 atom stereocenters. The monoisotopic (exact) mass is 290 g/mol. The van der Waals surface area contributed by atoms with Crippen molar-refractivity contribution >= 4 is 11.8 Å². The van der Waals surface area contributed by atoms with Gasteiger partial charge in [-0.15, -0.1) is 0 Å². The molecule has 116 valence electrons. The zero-order chi connectivity index (χ0) is 15.6. The summed E-state index contributed by atoms with van der Waals surface area (Å²) in [7, 11) is 0. The van der Waals surface area contributed by atoms with Crippen LogP contribution in [0.25, 0.3) is 0 Å². The van der Waals surface area contributed by atoms with Gasteiger partial charge in [0.05, 0.1) is 0 Å². The summed E-state index contributed by atoms with van der Waals surface area (Å²) in [6.07, 6.45) is 0.736. The topological polar surface area (TPSA) is 41.6 Å². The van der Waals surface area contributed by atoms with Gasteiger partial charge in [0, 0.05) is 24.8 Å². The van der Waals surface area contributed by atoms with Gasteiger partial charge in [-0.3, -0.25) is 0 Å². The number of amides is 1. The molecule has 0 spiro atoms. The highest BCUT2D eigenvalue weighted by atomic mass is 16.6. The Bertz CT molecular complexity index is 520. The number of aryl methyl sites for hydroxylation is 1. The summed E-state index contributed by atoms with van der Waals surface area (Å²) >= 11 is 0. The van der Waals surface area contributed by atoms with Crippen molar-refractivity contribution in [3.05, 3.63) is 29.3 Å². The van der Waals surface area contributed by atoms with E-state index in [1.54, 1.807) is 4.90 Å². The van der Waals surface area contributed by atoms with Crippen LogP contribution < -0.4 is 5.32 Å². The molecule has 4 heteroatoms. The lowest BCUT2D eigenvalue weighted by Crippen LogP contribution is -2.36. The Kier molecular flexibility index (Phi) is 4.45. The number of ether oxygens (including phenoxy) is 1. The van der Waals surface area contributed by atoms with Gasteiger partial charge >= 0.3 is 6.09 Å². The van der Waals surface area contributed by atoms with E-state index in [-0.39, 0.29) is 12.1 Å². The van der Waals surface area contributed by atoms with Crippen LogP contribution in [0.2, 0.25) is 0 Å². The summed E-state index contributed by atoms with van der Waals surface area (Å²) in [4.78, 5) is 13.8. The molecule has 0 aliphatic carbocycles. The molecule has 1 aromatic rings. The molecule has 1 amide bonds. The first-order valence-electron chi connectivity index (χ1n) is 7.57. The van der Waals surface area contributed by atoms with E-state index in [2.05, 4.69) is 37.4 Å². The molecule has 2 rings (SSSR count). The first-order chi connectivity index (χ1) is 9.76. The van der Waals surface area contributed by atoms with Gasteiger partial charge in [0.1, 0.15) is 5.60 Å². The van der Waals surface area contributed by atoms with Crippen molar-refractivity contribution in [3.63, 3.8) is 0 Å². The summed E-state index contributed by atoms with van der Waals surface area (Å²) < 4.78 is 5.42. The van der Waals surface area contributed by atoms with Crippen molar-refractivity contribution < 1.29 is 9.53 Å². The van der Waals surface area contributed by atoms with Gasteiger partial charge in [0.2, 0.25) is 0 Å². The number of hydrogen-bond acceptors (Lipinski definition) is 3. The summed E-state index contributed by atoms with van der Waals surface area (Å²) in [5, 5.41) is 3.55. The zero-order valence-corrected chi connectivity index (χ0v) is 13.7. The van der Waals surface area contributed by atoms with Crippen molar-refractivity contribution in [2.45, 2.75) is 52.7 Å². The maximum atomic E-state index is 12.1. The van der Waals surface area contributed by atoms with E-state index in [0.29, 0.717) is 6.54 Å². The van der Waals surface area contributed by atoms with Crippen LogP contribution >= 0.6 is 0 Å². The Morgan fingerprint density at radius 2 is 2.05 bits per heavy atom. The van der Waals surface area contributed by atoms with E-state index in [1.165, 1.54) is 11.1 Å². The second-order valence-corrected chi connectivity index (χ2v) is 6.80. The van der Waals surface area contributed by atoms with E-state index in [4.69, 9.17) is 4.74 Å². The van der Waals surface area contributed by atoms with Gasteiger partial charge in [0.15, 0.2) is 0 Å². The van der Waals surface area contributed by atoms with Gasteiger partial charge in [-0.1, -0.05) is 12.1 Å². The third-order valence-corrected chi connectivity index (χ3v) is 3.80. The van der Waals surface area contributed by atoms with Crippen molar-refractivity contribution in [2.24, 2.45) is 0 Å². The number of anilines is 1. The molecule has 4 nitrogen and oxygen atoms in total. The van der Waals surface area contributed by atoms with Crippen LogP contribution in [-0.2, 0) is 4.74 Å². The van der Waals surface area contributed by atoms with Crippen LogP contribution in [0.4, 0.5) is 10.5 Å². The third-order valence-electron chi connectivity index (χ3n) is 3.80. The third kappa shape index (κ3) is 4.13. The molecule has 1 aliphatic heterocycles. The van der Waals surface area contributed by atoms with Crippen LogP contribution in [0.15, 0.2) is 18.2 Å². The molecular weight excluding hydrogens is 264 g/mol. The van der Waals surface area contributed by atoms with Crippen molar-refractivity contribution in [1.82, 2.24) is 4.90 Å². The Morgan fingerprint density at radius 1 is 1.33 bits per heavy atom. The van der Waals surface area contributed by atoms with Gasteiger partial charge in [-0.25, -0.2) is 4.79 Å². The minimum Gasteiger partial charge on any atom is -0.444 e. The molecule has 1 aliphatic rings. The molecule has 0 bridgehead atoms. The van der Waals surface area contributed by atoms with Crippen molar-refractivity contribution in [3.8, 4) is 0 Å². The van der Waals surface area contributed by atoms with E-state index < -0.39 is 5.60 Å². The zero-order valence-electron chi connectivity index (χ0n) is 13.7. The van der Waals surface area contributed by atoms with E-state index >= 15 is 0 Å². The molecule has 1 fully saturated rings. The van der Waals surface area contributed by atoms with Crippen molar-refractivity contribution in [2.75, 3.05) is 18.4 Å². The van der Waals surface area contributed by atoms with Crippen LogP contribution in [-0.4, -0.2) is 35.7 Å². The maximum Gasteiger partial charge on any atom is 0.410 e. The number of likely N-dealkylation sites (tertiary alicyclic amines) is 1. The Morgan fingerprint density at radius 3 is 2.71 bits per heavy atom. The van der Waals surface area contributed by atoms with E-state index in [9.17, 15) is 4.79 Å². The minimum absolute atomic E-state index is 0.215. The summed E-state index contributed by atoms with van der Waals surface area (Å²) in [6.45, 7) is 11.4. The predicted molar refractivity (Wildman–Crippen MR) is 85.8 cm³/mol. The molecule has 1 heterocycles. The largest absolute Gasteiger partial charge is 0.444 e. The number of rotatable bonds is 2. The molecule has 0 aromatic heterocycles. The highest BCUT2D eigenvalue weighted by Gasteiger charge is 2.29.